The topological polar surface area (TPSA) is 38.8 Å². The molecule has 5 heteroatoms. The van der Waals surface area contributed by atoms with Crippen LogP contribution < -0.4 is 9.64 Å². The lowest BCUT2D eigenvalue weighted by atomic mass is 10.00. The summed E-state index contributed by atoms with van der Waals surface area (Å²) >= 11 is 0. The van der Waals surface area contributed by atoms with Gasteiger partial charge in [0.15, 0.2) is 14.1 Å². The van der Waals surface area contributed by atoms with Crippen LogP contribution in [0.15, 0.2) is 36.5 Å². The van der Waals surface area contributed by atoms with Crippen molar-refractivity contribution in [3.05, 3.63) is 36.5 Å². The first-order chi connectivity index (χ1) is 11.5. The number of carbonyl (C=O) groups excluding carboxylic acids is 1. The fraction of sp³-hybridized carbons (Fsp3) is 0.550. The molecule has 0 aromatic heterocycles. The number of ether oxygens (including phenoxy) is 1. The summed E-state index contributed by atoms with van der Waals surface area (Å²) in [6.07, 6.45) is 3.97. The summed E-state index contributed by atoms with van der Waals surface area (Å²) in [6.45, 7) is 13.3. The maximum absolute atomic E-state index is 12.0. The Kier molecular flexibility index (Phi) is 5.79. The van der Waals surface area contributed by atoms with E-state index in [1.807, 2.05) is 30.5 Å². The van der Waals surface area contributed by atoms with Crippen LogP contribution in [0.25, 0.3) is 0 Å². The number of nitrogens with zero attached hydrogens (tertiary/aromatic N) is 1. The molecule has 0 saturated carbocycles. The monoisotopic (exact) mass is 361 g/mol. The molecule has 1 aliphatic heterocycles. The smallest absolute Gasteiger partial charge is 0.192 e. The van der Waals surface area contributed by atoms with E-state index in [-0.39, 0.29) is 23.0 Å². The largest absolute Gasteiger partial charge is 0.497 e. The maximum Gasteiger partial charge on any atom is 0.192 e. The van der Waals surface area contributed by atoms with Crippen molar-refractivity contribution in [3.63, 3.8) is 0 Å². The van der Waals surface area contributed by atoms with Crippen LogP contribution in [0.2, 0.25) is 18.1 Å². The Hall–Kier alpha value is -1.59. The van der Waals surface area contributed by atoms with Gasteiger partial charge in [-0.2, -0.15) is 0 Å². The number of benzene rings is 1. The second-order valence-corrected chi connectivity index (χ2v) is 13.0. The highest BCUT2D eigenvalue weighted by Crippen LogP contribution is 2.38. The Balaban J connectivity index is 2.25. The van der Waals surface area contributed by atoms with E-state index >= 15 is 0 Å². The standard InChI is InChI=1S/C20H31NO3Si/c1-15(24-25(6,7)20(2,3)4)19-14-17(22)12-13-21(19)16-8-10-18(23-5)11-9-16/h8-13,15,19H,14H2,1-7H3/t15-,19-/m0/s1. The lowest BCUT2D eigenvalue weighted by Gasteiger charge is -2.43. The molecule has 0 radical (unpaired) electrons. The molecule has 1 aromatic carbocycles. The fourth-order valence-corrected chi connectivity index (χ4v) is 4.23. The molecule has 0 fully saturated rings. The van der Waals surface area contributed by atoms with Crippen molar-refractivity contribution >= 4 is 19.8 Å². The molecule has 1 aromatic rings. The number of methoxy groups -OCH3 is 1. The number of rotatable bonds is 5. The van der Waals surface area contributed by atoms with Crippen molar-refractivity contribution in [1.82, 2.24) is 0 Å². The van der Waals surface area contributed by atoms with E-state index < -0.39 is 8.32 Å². The first kappa shape index (κ1) is 19.7. The summed E-state index contributed by atoms with van der Waals surface area (Å²) in [6, 6.07) is 7.92. The minimum absolute atomic E-state index is 0.0000184. The predicted octanol–water partition coefficient (Wildman–Crippen LogP) is 4.77. The van der Waals surface area contributed by atoms with Crippen LogP contribution >= 0.6 is 0 Å². The van der Waals surface area contributed by atoms with E-state index in [0.717, 1.165) is 11.4 Å². The highest BCUT2D eigenvalue weighted by atomic mass is 28.4. The van der Waals surface area contributed by atoms with E-state index in [1.54, 1.807) is 13.2 Å². The van der Waals surface area contributed by atoms with Crippen molar-refractivity contribution in [2.24, 2.45) is 0 Å². The number of anilines is 1. The van der Waals surface area contributed by atoms with Gasteiger partial charge in [0, 0.05) is 18.3 Å². The predicted molar refractivity (Wildman–Crippen MR) is 106 cm³/mol. The molecule has 2 atom stereocenters. The molecule has 25 heavy (non-hydrogen) atoms. The van der Waals surface area contributed by atoms with Gasteiger partial charge in [-0.25, -0.2) is 0 Å². The normalized spacial score (nSPS) is 19.9. The third-order valence-corrected chi connectivity index (χ3v) is 9.96. The van der Waals surface area contributed by atoms with Gasteiger partial charge in [-0.3, -0.25) is 4.79 Å². The van der Waals surface area contributed by atoms with E-state index in [4.69, 9.17) is 9.16 Å². The second-order valence-electron chi connectivity index (χ2n) is 8.24. The van der Waals surface area contributed by atoms with Crippen LogP contribution in [-0.4, -0.2) is 33.4 Å². The van der Waals surface area contributed by atoms with Gasteiger partial charge < -0.3 is 14.1 Å². The molecule has 138 valence electrons. The van der Waals surface area contributed by atoms with Gasteiger partial charge >= 0.3 is 0 Å². The van der Waals surface area contributed by atoms with Gasteiger partial charge in [0.05, 0.1) is 19.3 Å². The van der Waals surface area contributed by atoms with Crippen LogP contribution in [0.5, 0.6) is 5.75 Å². The Morgan fingerprint density at radius 1 is 1.20 bits per heavy atom. The Labute approximate surface area is 152 Å². The van der Waals surface area contributed by atoms with Gasteiger partial charge in [0.2, 0.25) is 0 Å². The Morgan fingerprint density at radius 3 is 2.32 bits per heavy atom. The van der Waals surface area contributed by atoms with E-state index in [1.165, 1.54) is 0 Å². The lowest BCUT2D eigenvalue weighted by molar-refractivity contribution is -0.115. The molecule has 2 rings (SSSR count). The molecular weight excluding hydrogens is 330 g/mol. The molecule has 0 spiro atoms. The molecular formula is C20H31NO3Si. The minimum Gasteiger partial charge on any atom is -0.497 e. The molecule has 0 bridgehead atoms. The lowest BCUT2D eigenvalue weighted by Crippen LogP contribution is -2.51. The molecule has 4 nitrogen and oxygen atoms in total. The number of hydrogen-bond donors (Lipinski definition) is 0. The number of allylic oxidation sites excluding steroid dienone is 1. The zero-order valence-corrected chi connectivity index (χ0v) is 17.5. The maximum atomic E-state index is 12.0. The average Bonchev–Trinajstić information content (AvgIpc) is 2.53. The molecule has 0 unspecified atom stereocenters. The van der Waals surface area contributed by atoms with Crippen LogP contribution in [-0.2, 0) is 9.22 Å². The first-order valence-corrected chi connectivity index (χ1v) is 11.8. The van der Waals surface area contributed by atoms with Gasteiger partial charge in [0.1, 0.15) is 5.75 Å². The third-order valence-electron chi connectivity index (χ3n) is 5.39. The van der Waals surface area contributed by atoms with Crippen molar-refractivity contribution < 1.29 is 14.0 Å². The highest BCUT2D eigenvalue weighted by Gasteiger charge is 2.41. The SMILES string of the molecule is COc1ccc(N2C=CC(=O)C[C@H]2[C@H](C)O[Si](C)(C)C(C)(C)C)cc1. The zero-order valence-electron chi connectivity index (χ0n) is 16.5. The first-order valence-electron chi connectivity index (χ1n) is 8.86. The molecule has 0 saturated heterocycles. The summed E-state index contributed by atoms with van der Waals surface area (Å²) in [5.74, 6) is 0.975. The summed E-state index contributed by atoms with van der Waals surface area (Å²) in [7, 11) is -0.242. The number of ketones is 1. The van der Waals surface area contributed by atoms with Gasteiger partial charge in [-0.1, -0.05) is 20.8 Å². The van der Waals surface area contributed by atoms with Crippen LogP contribution in [0, 0.1) is 0 Å². The van der Waals surface area contributed by atoms with Gasteiger partial charge in [-0.05, 0) is 55.4 Å². The Morgan fingerprint density at radius 2 is 1.80 bits per heavy atom. The molecule has 0 aliphatic carbocycles. The number of hydrogen-bond acceptors (Lipinski definition) is 4. The van der Waals surface area contributed by atoms with Gasteiger partial charge in [0.25, 0.3) is 0 Å². The summed E-state index contributed by atoms with van der Waals surface area (Å²) in [5.41, 5.74) is 1.04. The summed E-state index contributed by atoms with van der Waals surface area (Å²) in [5, 5.41) is 0.140. The molecule has 0 N–H and O–H groups in total. The van der Waals surface area contributed by atoms with Crippen molar-refractivity contribution in [1.29, 1.82) is 0 Å². The molecule has 1 heterocycles. The van der Waals surface area contributed by atoms with Crippen molar-refractivity contribution in [2.45, 2.75) is 64.4 Å². The van der Waals surface area contributed by atoms with Crippen LogP contribution in [0.4, 0.5) is 5.69 Å². The van der Waals surface area contributed by atoms with Crippen LogP contribution in [0.1, 0.15) is 34.1 Å². The van der Waals surface area contributed by atoms with E-state index in [9.17, 15) is 4.79 Å². The van der Waals surface area contributed by atoms with Gasteiger partial charge in [-0.15, -0.1) is 0 Å². The third kappa shape index (κ3) is 4.53. The Bertz CT molecular complexity index is 631. The van der Waals surface area contributed by atoms with E-state index in [2.05, 4.69) is 45.7 Å². The zero-order chi connectivity index (χ0) is 18.8. The molecule has 0 amide bonds. The fourth-order valence-electron chi connectivity index (χ4n) is 2.79. The van der Waals surface area contributed by atoms with Crippen LogP contribution in [0.3, 0.4) is 0 Å². The molecule has 1 aliphatic rings. The van der Waals surface area contributed by atoms with E-state index in [0.29, 0.717) is 6.42 Å². The average molecular weight is 362 g/mol. The quantitative estimate of drug-likeness (QED) is 0.708. The summed E-state index contributed by atoms with van der Waals surface area (Å²) in [4.78, 5) is 14.2. The highest BCUT2D eigenvalue weighted by molar-refractivity contribution is 6.74. The van der Waals surface area contributed by atoms with Crippen molar-refractivity contribution in [2.75, 3.05) is 12.0 Å². The second kappa shape index (κ2) is 7.34. The van der Waals surface area contributed by atoms with Crippen molar-refractivity contribution in [3.8, 4) is 5.75 Å². The minimum atomic E-state index is -1.90. The number of carbonyl (C=O) groups is 1. The summed E-state index contributed by atoms with van der Waals surface area (Å²) < 4.78 is 11.8.